The quantitative estimate of drug-likeness (QED) is 0.638. The molecular formula is C10H21N3O4S. The van der Waals surface area contributed by atoms with Crippen molar-refractivity contribution < 1.29 is 18.3 Å². The summed E-state index contributed by atoms with van der Waals surface area (Å²) in [5.41, 5.74) is 0. The number of hydrogen-bond donors (Lipinski definition) is 2. The van der Waals surface area contributed by atoms with Crippen LogP contribution in [-0.2, 0) is 14.9 Å². The molecule has 0 aromatic heterocycles. The number of ether oxygens (including phenoxy) is 1. The van der Waals surface area contributed by atoms with Gasteiger partial charge in [-0.05, 0) is 6.92 Å². The maximum atomic E-state index is 12.4. The van der Waals surface area contributed by atoms with E-state index in [1.54, 1.807) is 0 Å². The summed E-state index contributed by atoms with van der Waals surface area (Å²) in [4.78, 5) is 0. The van der Waals surface area contributed by atoms with Gasteiger partial charge in [0, 0.05) is 39.3 Å². The zero-order valence-corrected chi connectivity index (χ0v) is 11.4. The van der Waals surface area contributed by atoms with Gasteiger partial charge in [-0.25, -0.2) is 0 Å². The molecule has 2 aliphatic rings. The first-order valence-corrected chi connectivity index (χ1v) is 7.66. The predicted octanol–water partition coefficient (Wildman–Crippen LogP) is -1.78. The molecule has 2 saturated heterocycles. The summed E-state index contributed by atoms with van der Waals surface area (Å²) in [7, 11) is -3.43. The van der Waals surface area contributed by atoms with E-state index in [1.807, 2.05) is 6.92 Å². The van der Waals surface area contributed by atoms with E-state index in [2.05, 4.69) is 5.32 Å². The first kappa shape index (κ1) is 14.2. The Morgan fingerprint density at radius 2 is 1.94 bits per heavy atom. The minimum absolute atomic E-state index is 0.155. The fourth-order valence-electron chi connectivity index (χ4n) is 2.33. The topological polar surface area (TPSA) is 82.1 Å². The summed E-state index contributed by atoms with van der Waals surface area (Å²) in [6.07, 6.45) is -0.611. The normalized spacial score (nSPS) is 32.6. The zero-order chi connectivity index (χ0) is 13.2. The molecule has 2 unspecified atom stereocenters. The molecule has 0 aromatic carbocycles. The maximum Gasteiger partial charge on any atom is 0.282 e. The fourth-order valence-corrected chi connectivity index (χ4v) is 4.05. The molecule has 0 amide bonds. The predicted molar refractivity (Wildman–Crippen MR) is 66.4 cm³/mol. The molecule has 0 bridgehead atoms. The molecule has 0 aromatic rings. The van der Waals surface area contributed by atoms with Crippen LogP contribution in [0.25, 0.3) is 0 Å². The Kier molecular flexibility index (Phi) is 4.57. The number of nitrogens with zero attached hydrogens (tertiary/aromatic N) is 2. The lowest BCUT2D eigenvalue weighted by Gasteiger charge is -2.38. The van der Waals surface area contributed by atoms with Crippen LogP contribution < -0.4 is 5.32 Å². The largest absolute Gasteiger partial charge is 0.394 e. The highest BCUT2D eigenvalue weighted by Crippen LogP contribution is 2.17. The van der Waals surface area contributed by atoms with Crippen LogP contribution in [0.2, 0.25) is 0 Å². The van der Waals surface area contributed by atoms with Gasteiger partial charge in [-0.1, -0.05) is 0 Å². The van der Waals surface area contributed by atoms with E-state index in [-0.39, 0.29) is 19.3 Å². The lowest BCUT2D eigenvalue weighted by Crippen LogP contribution is -2.57. The molecule has 2 heterocycles. The molecule has 0 aliphatic carbocycles. The van der Waals surface area contributed by atoms with Gasteiger partial charge in [-0.3, -0.25) is 0 Å². The third-order valence-corrected chi connectivity index (χ3v) is 5.19. The van der Waals surface area contributed by atoms with Gasteiger partial charge in [-0.15, -0.1) is 0 Å². The standard InChI is InChI=1S/C10H21N3O4S/c1-9-6-13(7-10(8-14)17-9)18(15,16)12-4-2-11-3-5-12/h9-11,14H,2-8H2,1H3. The lowest BCUT2D eigenvalue weighted by atomic mass is 10.2. The van der Waals surface area contributed by atoms with Crippen LogP contribution in [0.3, 0.4) is 0 Å². The molecule has 2 rings (SSSR count). The minimum atomic E-state index is -3.43. The molecule has 2 atom stereocenters. The Bertz CT molecular complexity index is 369. The van der Waals surface area contributed by atoms with Gasteiger partial charge in [0.25, 0.3) is 10.2 Å². The van der Waals surface area contributed by atoms with Gasteiger partial charge < -0.3 is 15.2 Å². The van der Waals surface area contributed by atoms with E-state index < -0.39 is 16.3 Å². The summed E-state index contributed by atoms with van der Waals surface area (Å²) in [5.74, 6) is 0. The molecule has 2 N–H and O–H groups in total. The van der Waals surface area contributed by atoms with Gasteiger partial charge in [0.15, 0.2) is 0 Å². The summed E-state index contributed by atoms with van der Waals surface area (Å²) in [5, 5.41) is 12.3. The van der Waals surface area contributed by atoms with E-state index in [9.17, 15) is 8.42 Å². The van der Waals surface area contributed by atoms with E-state index in [0.717, 1.165) is 0 Å². The van der Waals surface area contributed by atoms with Crippen molar-refractivity contribution in [2.75, 3.05) is 45.9 Å². The van der Waals surface area contributed by atoms with Crippen molar-refractivity contribution in [1.29, 1.82) is 0 Å². The van der Waals surface area contributed by atoms with Crippen molar-refractivity contribution in [3.05, 3.63) is 0 Å². The maximum absolute atomic E-state index is 12.4. The van der Waals surface area contributed by atoms with Gasteiger partial charge >= 0.3 is 0 Å². The highest BCUT2D eigenvalue weighted by Gasteiger charge is 2.36. The van der Waals surface area contributed by atoms with Crippen LogP contribution in [0.5, 0.6) is 0 Å². The van der Waals surface area contributed by atoms with E-state index >= 15 is 0 Å². The Balaban J connectivity index is 2.08. The summed E-state index contributed by atoms with van der Waals surface area (Å²) in [6.45, 7) is 4.61. The first-order valence-electron chi connectivity index (χ1n) is 6.26. The Labute approximate surface area is 108 Å². The zero-order valence-electron chi connectivity index (χ0n) is 10.6. The van der Waals surface area contributed by atoms with Gasteiger partial charge in [-0.2, -0.15) is 17.0 Å². The van der Waals surface area contributed by atoms with Crippen LogP contribution in [0, 0.1) is 0 Å². The van der Waals surface area contributed by atoms with Crippen LogP contribution in [0.15, 0.2) is 0 Å². The Morgan fingerprint density at radius 1 is 1.28 bits per heavy atom. The summed E-state index contributed by atoms with van der Waals surface area (Å²) in [6, 6.07) is 0. The molecule has 18 heavy (non-hydrogen) atoms. The molecule has 0 saturated carbocycles. The molecule has 7 nitrogen and oxygen atoms in total. The SMILES string of the molecule is CC1CN(S(=O)(=O)N2CCNCC2)CC(CO)O1. The highest BCUT2D eigenvalue weighted by molar-refractivity contribution is 7.86. The van der Waals surface area contributed by atoms with Crippen LogP contribution >= 0.6 is 0 Å². The number of hydrogen-bond acceptors (Lipinski definition) is 5. The van der Waals surface area contributed by atoms with Crippen molar-refractivity contribution in [1.82, 2.24) is 13.9 Å². The monoisotopic (exact) mass is 279 g/mol. The molecule has 8 heteroatoms. The third kappa shape index (κ3) is 3.01. The highest BCUT2D eigenvalue weighted by atomic mass is 32.2. The van der Waals surface area contributed by atoms with Crippen LogP contribution in [0.1, 0.15) is 6.92 Å². The molecule has 0 spiro atoms. The molecule has 106 valence electrons. The van der Waals surface area contributed by atoms with Crippen molar-refractivity contribution >= 4 is 10.2 Å². The number of aliphatic hydroxyl groups is 1. The second-order valence-corrected chi connectivity index (χ2v) is 6.65. The summed E-state index contributed by atoms with van der Waals surface area (Å²) >= 11 is 0. The van der Waals surface area contributed by atoms with Crippen molar-refractivity contribution in [3.63, 3.8) is 0 Å². The average molecular weight is 279 g/mol. The molecule has 2 fully saturated rings. The number of rotatable bonds is 3. The van der Waals surface area contributed by atoms with E-state index in [0.29, 0.717) is 32.7 Å². The second kappa shape index (κ2) is 5.81. The minimum Gasteiger partial charge on any atom is -0.394 e. The molecule has 2 aliphatic heterocycles. The van der Waals surface area contributed by atoms with Gasteiger partial charge in [0.05, 0.1) is 18.8 Å². The fraction of sp³-hybridized carbons (Fsp3) is 1.00. The number of morpholine rings is 1. The lowest BCUT2D eigenvalue weighted by molar-refractivity contribution is -0.0761. The number of piperazine rings is 1. The van der Waals surface area contributed by atoms with E-state index in [4.69, 9.17) is 9.84 Å². The Morgan fingerprint density at radius 3 is 2.56 bits per heavy atom. The number of aliphatic hydroxyl groups excluding tert-OH is 1. The molecule has 0 radical (unpaired) electrons. The summed E-state index contributed by atoms with van der Waals surface area (Å²) < 4.78 is 33.3. The molecular weight excluding hydrogens is 258 g/mol. The van der Waals surface area contributed by atoms with E-state index in [1.165, 1.54) is 8.61 Å². The van der Waals surface area contributed by atoms with Crippen molar-refractivity contribution in [3.8, 4) is 0 Å². The van der Waals surface area contributed by atoms with Crippen LogP contribution in [-0.4, -0.2) is 80.2 Å². The van der Waals surface area contributed by atoms with Crippen molar-refractivity contribution in [2.45, 2.75) is 19.1 Å². The van der Waals surface area contributed by atoms with Gasteiger partial charge in [0.1, 0.15) is 0 Å². The Hall–Kier alpha value is -0.250. The number of nitrogens with one attached hydrogen (secondary N) is 1. The van der Waals surface area contributed by atoms with Crippen LogP contribution in [0.4, 0.5) is 0 Å². The third-order valence-electron chi connectivity index (χ3n) is 3.22. The first-order chi connectivity index (χ1) is 8.54. The smallest absolute Gasteiger partial charge is 0.282 e. The van der Waals surface area contributed by atoms with Gasteiger partial charge in [0.2, 0.25) is 0 Å². The second-order valence-electron chi connectivity index (χ2n) is 4.73. The average Bonchev–Trinajstić information content (AvgIpc) is 2.39. The van der Waals surface area contributed by atoms with Crippen molar-refractivity contribution in [2.24, 2.45) is 0 Å².